The van der Waals surface area contributed by atoms with Crippen molar-refractivity contribution in [3.8, 4) is 0 Å². The number of nitrogens with zero attached hydrogens (tertiary/aromatic N) is 1. The molecule has 0 aliphatic heterocycles. The van der Waals surface area contributed by atoms with E-state index in [1.54, 1.807) is 0 Å². The van der Waals surface area contributed by atoms with Gasteiger partial charge in [-0.25, -0.2) is 0 Å². The third-order valence-corrected chi connectivity index (χ3v) is 3.33. The summed E-state index contributed by atoms with van der Waals surface area (Å²) in [4.78, 5) is 2.27. The van der Waals surface area contributed by atoms with Gasteiger partial charge >= 0.3 is 0 Å². The number of hydrogen-bond acceptors (Lipinski definition) is 3. The lowest BCUT2D eigenvalue weighted by atomic mass is 9.88. The molecule has 14 heavy (non-hydrogen) atoms. The van der Waals surface area contributed by atoms with Gasteiger partial charge in [0.15, 0.2) is 0 Å². The summed E-state index contributed by atoms with van der Waals surface area (Å²) in [5.41, 5.74) is 0.157. The minimum absolute atomic E-state index is 0.157. The highest BCUT2D eigenvalue weighted by Gasteiger charge is 2.33. The highest BCUT2D eigenvalue weighted by atomic mass is 16.5. The van der Waals surface area contributed by atoms with E-state index >= 15 is 0 Å². The topological polar surface area (TPSA) is 24.5 Å². The lowest BCUT2D eigenvalue weighted by molar-refractivity contribution is 0.0446. The average Bonchev–Trinajstić information content (AvgIpc) is 2.18. The number of rotatable bonds is 7. The van der Waals surface area contributed by atoms with Crippen LogP contribution in [0.2, 0.25) is 0 Å². The smallest absolute Gasteiger partial charge is 0.0637 e. The van der Waals surface area contributed by atoms with E-state index in [1.165, 1.54) is 0 Å². The molecule has 0 spiro atoms. The molecule has 0 bridgehead atoms. The maximum absolute atomic E-state index is 5.50. The maximum atomic E-state index is 5.50. The Bertz CT molecular complexity index is 150. The summed E-state index contributed by atoms with van der Waals surface area (Å²) in [6.07, 6.45) is 1.11. The zero-order valence-electron chi connectivity index (χ0n) is 10.6. The number of nitrogens with one attached hydrogen (secondary N) is 1. The second kappa shape index (κ2) is 6.38. The normalized spacial score (nSPS) is 18.2. The summed E-state index contributed by atoms with van der Waals surface area (Å²) in [7, 11) is 6.25. The molecule has 1 N–H and O–H groups in total. The first-order valence-electron chi connectivity index (χ1n) is 5.45. The van der Waals surface area contributed by atoms with Crippen LogP contribution >= 0.6 is 0 Å². The highest BCUT2D eigenvalue weighted by Crippen LogP contribution is 2.21. The predicted molar refractivity (Wildman–Crippen MR) is 61.7 cm³/mol. The summed E-state index contributed by atoms with van der Waals surface area (Å²) in [5, 5.41) is 3.34. The number of likely N-dealkylation sites (N-methyl/N-ethyl adjacent to an activating group) is 2. The minimum atomic E-state index is 0.157. The maximum Gasteiger partial charge on any atom is 0.0637 e. The molecule has 2 unspecified atom stereocenters. The van der Waals surface area contributed by atoms with E-state index in [1.807, 2.05) is 14.0 Å². The van der Waals surface area contributed by atoms with E-state index in [2.05, 4.69) is 38.2 Å². The lowest BCUT2D eigenvalue weighted by Crippen LogP contribution is -2.58. The van der Waals surface area contributed by atoms with Crippen LogP contribution in [-0.2, 0) is 4.74 Å². The first-order valence-corrected chi connectivity index (χ1v) is 5.45. The molecular weight excluding hydrogens is 176 g/mol. The summed E-state index contributed by atoms with van der Waals surface area (Å²) in [6.45, 7) is 8.08. The summed E-state index contributed by atoms with van der Waals surface area (Å²) < 4.78 is 5.50. The first-order chi connectivity index (χ1) is 6.52. The Labute approximate surface area is 88.8 Å². The Hall–Kier alpha value is -0.120. The first kappa shape index (κ1) is 13.9. The lowest BCUT2D eigenvalue weighted by Gasteiger charge is -2.42. The van der Waals surface area contributed by atoms with Crippen LogP contribution in [0.4, 0.5) is 0 Å². The van der Waals surface area contributed by atoms with Gasteiger partial charge in [-0.15, -0.1) is 0 Å². The van der Waals surface area contributed by atoms with Gasteiger partial charge in [-0.1, -0.05) is 6.92 Å². The molecule has 0 aromatic heterocycles. The Morgan fingerprint density at radius 3 is 2.21 bits per heavy atom. The Morgan fingerprint density at radius 1 is 1.36 bits per heavy atom. The molecule has 0 radical (unpaired) electrons. The van der Waals surface area contributed by atoms with E-state index in [0.717, 1.165) is 19.6 Å². The van der Waals surface area contributed by atoms with Gasteiger partial charge in [0.2, 0.25) is 0 Å². The SMILES string of the molecule is CCOCC(NC)C(C)(CC)N(C)C. The van der Waals surface area contributed by atoms with Gasteiger partial charge in [0.1, 0.15) is 0 Å². The van der Waals surface area contributed by atoms with Gasteiger partial charge in [0.25, 0.3) is 0 Å². The summed E-state index contributed by atoms with van der Waals surface area (Å²) in [5.74, 6) is 0. The molecule has 0 aromatic rings. The van der Waals surface area contributed by atoms with Crippen LogP contribution < -0.4 is 5.32 Å². The van der Waals surface area contributed by atoms with Crippen molar-refractivity contribution in [2.45, 2.75) is 38.8 Å². The molecule has 0 aliphatic carbocycles. The van der Waals surface area contributed by atoms with E-state index in [9.17, 15) is 0 Å². The number of hydrogen-bond donors (Lipinski definition) is 1. The fraction of sp³-hybridized carbons (Fsp3) is 1.00. The van der Waals surface area contributed by atoms with Gasteiger partial charge in [-0.3, -0.25) is 0 Å². The van der Waals surface area contributed by atoms with Crippen molar-refractivity contribution in [2.75, 3.05) is 34.4 Å². The molecular formula is C11H26N2O. The Morgan fingerprint density at radius 2 is 1.93 bits per heavy atom. The van der Waals surface area contributed by atoms with Crippen LogP contribution in [0.1, 0.15) is 27.2 Å². The zero-order valence-corrected chi connectivity index (χ0v) is 10.6. The molecule has 86 valence electrons. The summed E-state index contributed by atoms with van der Waals surface area (Å²) in [6, 6.07) is 0.377. The molecule has 0 rings (SSSR count). The average molecular weight is 202 g/mol. The molecule has 3 heteroatoms. The van der Waals surface area contributed by atoms with Gasteiger partial charge in [-0.2, -0.15) is 0 Å². The van der Waals surface area contributed by atoms with Crippen molar-refractivity contribution in [3.63, 3.8) is 0 Å². The van der Waals surface area contributed by atoms with Gasteiger partial charge < -0.3 is 15.0 Å². The van der Waals surface area contributed by atoms with E-state index in [-0.39, 0.29) is 5.54 Å². The highest BCUT2D eigenvalue weighted by molar-refractivity contribution is 4.93. The Kier molecular flexibility index (Phi) is 6.33. The minimum Gasteiger partial charge on any atom is -0.380 e. The molecule has 3 nitrogen and oxygen atoms in total. The van der Waals surface area contributed by atoms with Crippen LogP contribution in [-0.4, -0.2) is 50.8 Å². The quantitative estimate of drug-likeness (QED) is 0.674. The van der Waals surface area contributed by atoms with Crippen molar-refractivity contribution < 1.29 is 4.74 Å². The van der Waals surface area contributed by atoms with Gasteiger partial charge in [0.05, 0.1) is 6.61 Å². The van der Waals surface area contributed by atoms with Crippen LogP contribution in [0.25, 0.3) is 0 Å². The molecule has 0 amide bonds. The zero-order chi connectivity index (χ0) is 11.2. The third kappa shape index (κ3) is 3.23. The van der Waals surface area contributed by atoms with Crippen molar-refractivity contribution in [1.82, 2.24) is 10.2 Å². The largest absolute Gasteiger partial charge is 0.380 e. The Balaban J connectivity index is 4.43. The van der Waals surface area contributed by atoms with E-state index in [0.29, 0.717) is 6.04 Å². The van der Waals surface area contributed by atoms with Crippen molar-refractivity contribution in [1.29, 1.82) is 0 Å². The third-order valence-electron chi connectivity index (χ3n) is 3.33. The molecule has 0 fully saturated rings. The second-order valence-corrected chi connectivity index (χ2v) is 4.11. The molecule has 2 atom stereocenters. The van der Waals surface area contributed by atoms with Crippen LogP contribution in [0.15, 0.2) is 0 Å². The predicted octanol–water partition coefficient (Wildman–Crippen LogP) is 1.34. The molecule has 0 heterocycles. The number of ether oxygens (including phenoxy) is 1. The standard InChI is InChI=1S/C11H26N2O/c1-7-11(3,13(5)6)10(12-4)9-14-8-2/h10,12H,7-9H2,1-6H3. The fourth-order valence-electron chi connectivity index (χ4n) is 1.68. The van der Waals surface area contributed by atoms with E-state index in [4.69, 9.17) is 4.74 Å². The molecule has 0 aromatic carbocycles. The van der Waals surface area contributed by atoms with Crippen molar-refractivity contribution in [2.24, 2.45) is 0 Å². The van der Waals surface area contributed by atoms with Crippen LogP contribution in [0.5, 0.6) is 0 Å². The van der Waals surface area contributed by atoms with Crippen molar-refractivity contribution in [3.05, 3.63) is 0 Å². The molecule has 0 saturated carbocycles. The van der Waals surface area contributed by atoms with Crippen LogP contribution in [0.3, 0.4) is 0 Å². The monoisotopic (exact) mass is 202 g/mol. The van der Waals surface area contributed by atoms with E-state index < -0.39 is 0 Å². The van der Waals surface area contributed by atoms with Crippen molar-refractivity contribution >= 4 is 0 Å². The molecule has 0 aliphatic rings. The van der Waals surface area contributed by atoms with Crippen LogP contribution in [0, 0.1) is 0 Å². The molecule has 0 saturated heterocycles. The van der Waals surface area contributed by atoms with Gasteiger partial charge in [0, 0.05) is 18.2 Å². The van der Waals surface area contributed by atoms with Gasteiger partial charge in [-0.05, 0) is 41.4 Å². The fourth-order valence-corrected chi connectivity index (χ4v) is 1.68. The second-order valence-electron chi connectivity index (χ2n) is 4.11. The summed E-state index contributed by atoms with van der Waals surface area (Å²) >= 11 is 0.